The number of nitrogens with two attached hydrogens (primary N) is 2. The fourth-order valence-corrected chi connectivity index (χ4v) is 7.78. The predicted molar refractivity (Wildman–Crippen MR) is 186 cm³/mol. The molecule has 0 saturated carbocycles. The standard InChI is InChI=1S/C32H29ClFN9O7S2/c1-32(2,30(48)49)50-39-23(26-38-31(37)52-40-26)22(44)9-17-27(45)43-24(29(46)47)16(13-51-28(17)43)10-41-5-3-14-4-6-42(21(14)12-41)11-18-19(33)7-15(25(35)36)8-20(18)34/h3-8,12,17,28H,9-11,13H2,1-2H3,(H6-,35,36,37,38,40,46,47,48,49)/b39-23+/t17-,28-/m1/s1. The molecule has 2 atom stereocenters. The number of halogens is 2. The number of anilines is 1. The number of ketones is 1. The largest absolute Gasteiger partial charge is 0.543 e. The van der Waals surface area contributed by atoms with Crippen molar-refractivity contribution < 1.29 is 43.2 Å². The van der Waals surface area contributed by atoms with Crippen LogP contribution in [0.1, 0.15) is 37.2 Å². The highest BCUT2D eigenvalue weighted by Crippen LogP contribution is 2.45. The number of amidine groups is 1. The molecular formula is C32H29ClFN9O7S2. The number of amides is 1. The highest BCUT2D eigenvalue weighted by molar-refractivity contribution is 8.00. The number of oxime groups is 1. The number of hydrogen-bond acceptors (Lipinski definition) is 13. The molecule has 4 aromatic rings. The Kier molecular flexibility index (Phi) is 9.77. The van der Waals surface area contributed by atoms with Crippen LogP contribution in [0.4, 0.5) is 9.52 Å². The maximum Gasteiger partial charge on any atom is 0.350 e. The van der Waals surface area contributed by atoms with Gasteiger partial charge in [-0.2, -0.15) is 13.9 Å². The molecule has 0 radical (unpaired) electrons. The molecule has 1 fully saturated rings. The second-order valence-electron chi connectivity index (χ2n) is 12.4. The monoisotopic (exact) mass is 769 g/mol. The molecule has 2 aliphatic heterocycles. The third-order valence-electron chi connectivity index (χ3n) is 8.48. The van der Waals surface area contributed by atoms with Gasteiger partial charge in [-0.3, -0.25) is 19.9 Å². The quantitative estimate of drug-likeness (QED) is 0.0494. The first-order chi connectivity index (χ1) is 24.5. The summed E-state index contributed by atoms with van der Waals surface area (Å²) in [5.41, 5.74) is 10.1. The van der Waals surface area contributed by atoms with Gasteiger partial charge in [-0.25, -0.2) is 9.18 Å². The van der Waals surface area contributed by atoms with Crippen molar-refractivity contribution in [3.05, 3.63) is 81.9 Å². The summed E-state index contributed by atoms with van der Waals surface area (Å²) in [4.78, 5) is 61.1. The molecule has 6 rings (SSSR count). The van der Waals surface area contributed by atoms with Gasteiger partial charge in [-0.15, -0.1) is 11.8 Å². The Morgan fingerprint density at radius 1 is 1.31 bits per heavy atom. The van der Waals surface area contributed by atoms with Crippen LogP contribution in [-0.4, -0.2) is 75.8 Å². The Balaban J connectivity index is 1.22. The topological polar surface area (TPSA) is 247 Å². The smallest absolute Gasteiger partial charge is 0.350 e. The Bertz CT molecular complexity index is 2230. The Hall–Kier alpha value is -5.40. The SMILES string of the molecule is CC(C)(O/N=C(\C(=O)C[C@@H]1C(=O)N2C(C(=O)[O-])=C(C[n+]3ccc4ccn(Cc5c(F)cc(C(=N)N)cc5Cl)c4c3)CS[C@H]12)c1nsc(N)n1)C(=O)O. The zero-order valence-electron chi connectivity index (χ0n) is 27.3. The average molecular weight is 770 g/mol. The van der Waals surface area contributed by atoms with E-state index in [1.807, 2.05) is 12.1 Å². The molecule has 0 bridgehead atoms. The summed E-state index contributed by atoms with van der Waals surface area (Å²) < 4.78 is 22.4. The first kappa shape index (κ1) is 36.4. The number of β-lactam (4-membered cyclic amide) rings is 1. The number of nitrogens with one attached hydrogen (secondary N) is 1. The molecule has 5 heterocycles. The minimum absolute atomic E-state index is 0.0157. The van der Waals surface area contributed by atoms with Gasteiger partial charge in [0.1, 0.15) is 17.2 Å². The summed E-state index contributed by atoms with van der Waals surface area (Å²) in [6.45, 7) is 2.59. The molecule has 6 N–H and O–H groups in total. The zero-order valence-corrected chi connectivity index (χ0v) is 29.7. The second-order valence-corrected chi connectivity index (χ2v) is 14.7. The van der Waals surface area contributed by atoms with E-state index in [1.54, 1.807) is 27.7 Å². The van der Waals surface area contributed by atoms with Gasteiger partial charge in [0.15, 0.2) is 35.6 Å². The molecular weight excluding hydrogens is 741 g/mol. The van der Waals surface area contributed by atoms with Crippen LogP contribution in [-0.2, 0) is 37.1 Å². The van der Waals surface area contributed by atoms with Gasteiger partial charge in [0.2, 0.25) is 17.3 Å². The fraction of sp³-hybridized carbons (Fsp3) is 0.281. The maximum atomic E-state index is 15.0. The van der Waals surface area contributed by atoms with Crippen molar-refractivity contribution in [1.29, 1.82) is 5.41 Å². The Morgan fingerprint density at radius 3 is 2.69 bits per heavy atom. The molecule has 20 heteroatoms. The number of aliphatic carboxylic acids is 2. The van der Waals surface area contributed by atoms with Crippen LogP contribution in [0.5, 0.6) is 0 Å². The van der Waals surface area contributed by atoms with Gasteiger partial charge >= 0.3 is 5.97 Å². The number of Topliss-reactive ketones (excluding diaryl/α,β-unsaturated/α-hetero) is 1. The molecule has 2 aliphatic rings. The van der Waals surface area contributed by atoms with Crippen LogP contribution < -0.4 is 21.1 Å². The van der Waals surface area contributed by atoms with E-state index < -0.39 is 58.5 Å². The van der Waals surface area contributed by atoms with Crippen molar-refractivity contribution in [2.45, 2.75) is 44.3 Å². The molecule has 16 nitrogen and oxygen atoms in total. The van der Waals surface area contributed by atoms with Crippen LogP contribution in [0.15, 0.2) is 59.3 Å². The molecule has 3 aromatic heterocycles. The molecule has 1 amide bonds. The number of hydrogen-bond donors (Lipinski definition) is 4. The van der Waals surface area contributed by atoms with E-state index in [0.29, 0.717) is 11.1 Å². The summed E-state index contributed by atoms with van der Waals surface area (Å²) >= 11 is 8.39. The van der Waals surface area contributed by atoms with E-state index in [1.165, 1.54) is 31.7 Å². The Morgan fingerprint density at radius 2 is 2.06 bits per heavy atom. The summed E-state index contributed by atoms with van der Waals surface area (Å²) in [6.07, 6.45) is 4.84. The number of carbonyl (C=O) groups excluding carboxylic acids is 3. The van der Waals surface area contributed by atoms with Crippen molar-refractivity contribution in [3.8, 4) is 0 Å². The number of carboxylic acid groups (broad SMARTS) is 2. The molecule has 0 aliphatic carbocycles. The van der Waals surface area contributed by atoms with Crippen molar-refractivity contribution in [2.24, 2.45) is 16.8 Å². The minimum Gasteiger partial charge on any atom is -0.543 e. The van der Waals surface area contributed by atoms with Crippen LogP contribution in [0.25, 0.3) is 10.9 Å². The van der Waals surface area contributed by atoms with Gasteiger partial charge in [0.05, 0.1) is 29.5 Å². The van der Waals surface area contributed by atoms with E-state index in [-0.39, 0.29) is 57.5 Å². The van der Waals surface area contributed by atoms with Gasteiger partial charge < -0.3 is 35.9 Å². The second kappa shape index (κ2) is 14.0. The number of thioether (sulfide) groups is 1. The predicted octanol–water partition coefficient (Wildman–Crippen LogP) is 1.27. The van der Waals surface area contributed by atoms with Crippen LogP contribution in [0, 0.1) is 17.1 Å². The first-order valence-electron chi connectivity index (χ1n) is 15.4. The number of carbonyl (C=O) groups is 4. The number of carboxylic acids is 2. The van der Waals surface area contributed by atoms with Crippen LogP contribution >= 0.6 is 34.9 Å². The Labute approximate surface area is 307 Å². The molecule has 52 heavy (non-hydrogen) atoms. The molecule has 270 valence electrons. The third kappa shape index (κ3) is 6.93. The number of benzene rings is 1. The highest BCUT2D eigenvalue weighted by atomic mass is 35.5. The summed E-state index contributed by atoms with van der Waals surface area (Å²) in [6, 6.07) is 6.21. The van der Waals surface area contributed by atoms with E-state index in [2.05, 4.69) is 14.5 Å². The lowest BCUT2D eigenvalue weighted by molar-refractivity contribution is -0.687. The lowest BCUT2D eigenvalue weighted by Gasteiger charge is -2.50. The van der Waals surface area contributed by atoms with Crippen LogP contribution in [0.2, 0.25) is 5.02 Å². The van der Waals surface area contributed by atoms with Crippen molar-refractivity contribution >= 4 is 86.1 Å². The summed E-state index contributed by atoms with van der Waals surface area (Å²) in [7, 11) is 0. The molecule has 1 saturated heterocycles. The first-order valence-corrected chi connectivity index (χ1v) is 17.6. The number of rotatable bonds is 13. The lowest BCUT2D eigenvalue weighted by Crippen LogP contribution is -2.63. The van der Waals surface area contributed by atoms with Crippen LogP contribution in [0.3, 0.4) is 0 Å². The zero-order chi connectivity index (χ0) is 37.6. The van der Waals surface area contributed by atoms with Gasteiger partial charge in [0.25, 0.3) is 0 Å². The highest BCUT2D eigenvalue weighted by Gasteiger charge is 2.53. The molecule has 0 spiro atoms. The normalized spacial score (nSPS) is 17.6. The van der Waals surface area contributed by atoms with E-state index in [4.69, 9.17) is 33.3 Å². The van der Waals surface area contributed by atoms with Crippen molar-refractivity contribution in [1.82, 2.24) is 18.8 Å². The number of pyridine rings is 1. The van der Waals surface area contributed by atoms with E-state index in [9.17, 15) is 33.8 Å². The van der Waals surface area contributed by atoms with Crippen molar-refractivity contribution in [2.75, 3.05) is 11.5 Å². The number of nitrogen functional groups attached to an aromatic ring is 2. The molecule has 1 aromatic carbocycles. The van der Waals surface area contributed by atoms with E-state index >= 15 is 0 Å². The summed E-state index contributed by atoms with van der Waals surface area (Å²) in [5.74, 6) is -6.15. The maximum absolute atomic E-state index is 15.0. The number of aromatic nitrogens is 4. The van der Waals surface area contributed by atoms with Gasteiger partial charge in [-0.1, -0.05) is 16.8 Å². The van der Waals surface area contributed by atoms with Crippen molar-refractivity contribution in [3.63, 3.8) is 0 Å². The summed E-state index contributed by atoms with van der Waals surface area (Å²) in [5, 5.41) is 33.4. The van der Waals surface area contributed by atoms with E-state index in [0.717, 1.165) is 27.9 Å². The van der Waals surface area contributed by atoms with Gasteiger partial charge in [0, 0.05) is 63.1 Å². The third-order valence-corrected chi connectivity index (χ3v) is 10.8. The number of nitrogens with zero attached hydrogens (tertiary/aromatic N) is 6. The minimum atomic E-state index is -1.80. The lowest BCUT2D eigenvalue weighted by atomic mass is 9.89. The number of fused-ring (bicyclic) bond motifs is 2. The average Bonchev–Trinajstić information content (AvgIpc) is 3.70. The fourth-order valence-electron chi connectivity index (χ4n) is 5.68. The molecule has 0 unspecified atom stereocenters. The van der Waals surface area contributed by atoms with Gasteiger partial charge in [-0.05, 0) is 32.0 Å².